The Bertz CT molecular complexity index is 967. The van der Waals surface area contributed by atoms with Crippen LogP contribution in [-0.4, -0.2) is 20.4 Å². The summed E-state index contributed by atoms with van der Waals surface area (Å²) in [6.07, 6.45) is 4.58. The Morgan fingerprint density at radius 1 is 1.25 bits per heavy atom. The standard InChI is InChI=1S/C17H15ClN4O2/c1-10(2)22-9-13(16(24)21-17-19-6-3-7-20-17)15(23)12-8-11(18)4-5-14(12)22/h3-10H,1-2H3,(H,19,20,21,24). The first-order chi connectivity index (χ1) is 11.5. The number of hydrogen-bond donors (Lipinski definition) is 1. The summed E-state index contributed by atoms with van der Waals surface area (Å²) in [5, 5.41) is 3.38. The lowest BCUT2D eigenvalue weighted by Crippen LogP contribution is -2.25. The predicted octanol–water partition coefficient (Wildman–Crippen LogP) is 3.28. The molecule has 2 heterocycles. The Hall–Kier alpha value is -2.73. The van der Waals surface area contributed by atoms with Crippen LogP contribution in [0.2, 0.25) is 5.02 Å². The third kappa shape index (κ3) is 3.00. The summed E-state index contributed by atoms with van der Waals surface area (Å²) in [4.78, 5) is 33.1. The van der Waals surface area contributed by atoms with Gasteiger partial charge in [-0.15, -0.1) is 0 Å². The maximum atomic E-state index is 12.7. The van der Waals surface area contributed by atoms with Crippen molar-refractivity contribution in [2.75, 3.05) is 5.32 Å². The second kappa shape index (κ2) is 6.41. The minimum atomic E-state index is -0.553. The van der Waals surface area contributed by atoms with E-state index in [4.69, 9.17) is 11.6 Å². The summed E-state index contributed by atoms with van der Waals surface area (Å²) in [5.41, 5.74) is 0.371. The van der Waals surface area contributed by atoms with Crippen LogP contribution >= 0.6 is 11.6 Å². The molecule has 0 radical (unpaired) electrons. The van der Waals surface area contributed by atoms with Crippen LogP contribution in [0.4, 0.5) is 5.95 Å². The van der Waals surface area contributed by atoms with Gasteiger partial charge in [-0.25, -0.2) is 9.97 Å². The molecule has 0 aliphatic rings. The minimum absolute atomic E-state index is 0.0194. The lowest BCUT2D eigenvalue weighted by atomic mass is 10.1. The molecule has 0 saturated heterocycles. The first-order valence-corrected chi connectivity index (χ1v) is 7.78. The molecule has 122 valence electrons. The molecule has 0 fully saturated rings. The van der Waals surface area contributed by atoms with Crippen molar-refractivity contribution in [3.05, 3.63) is 63.7 Å². The highest BCUT2D eigenvalue weighted by atomic mass is 35.5. The lowest BCUT2D eigenvalue weighted by Gasteiger charge is -2.16. The van der Waals surface area contributed by atoms with Crippen molar-refractivity contribution < 1.29 is 4.79 Å². The van der Waals surface area contributed by atoms with Crippen molar-refractivity contribution in [3.63, 3.8) is 0 Å². The van der Waals surface area contributed by atoms with Gasteiger partial charge in [0, 0.05) is 35.0 Å². The Kier molecular flexibility index (Phi) is 4.31. The zero-order valence-corrected chi connectivity index (χ0v) is 13.9. The molecular weight excluding hydrogens is 328 g/mol. The second-order valence-corrected chi connectivity index (χ2v) is 6.00. The number of benzene rings is 1. The molecule has 1 aromatic carbocycles. The zero-order chi connectivity index (χ0) is 17.3. The Morgan fingerprint density at radius 3 is 2.62 bits per heavy atom. The molecule has 0 bridgehead atoms. The number of fused-ring (bicyclic) bond motifs is 1. The number of nitrogens with zero attached hydrogens (tertiary/aromatic N) is 3. The Labute approximate surface area is 143 Å². The van der Waals surface area contributed by atoms with Crippen molar-refractivity contribution in [2.24, 2.45) is 0 Å². The molecule has 0 saturated carbocycles. The smallest absolute Gasteiger partial charge is 0.263 e. The molecule has 1 N–H and O–H groups in total. The van der Waals surface area contributed by atoms with Gasteiger partial charge >= 0.3 is 0 Å². The van der Waals surface area contributed by atoms with Crippen LogP contribution < -0.4 is 10.7 Å². The molecule has 0 spiro atoms. The van der Waals surface area contributed by atoms with Gasteiger partial charge in [0.1, 0.15) is 5.56 Å². The average Bonchev–Trinajstić information content (AvgIpc) is 2.56. The number of nitrogens with one attached hydrogen (secondary N) is 1. The van der Waals surface area contributed by atoms with Crippen molar-refractivity contribution in [1.82, 2.24) is 14.5 Å². The molecule has 6 nitrogen and oxygen atoms in total. The molecule has 2 aromatic heterocycles. The first kappa shape index (κ1) is 16.1. The summed E-state index contributed by atoms with van der Waals surface area (Å²) in [5.74, 6) is -0.410. The maximum Gasteiger partial charge on any atom is 0.263 e. The van der Waals surface area contributed by atoms with E-state index in [1.165, 1.54) is 12.4 Å². The summed E-state index contributed by atoms with van der Waals surface area (Å²) >= 11 is 6.02. The van der Waals surface area contributed by atoms with Gasteiger partial charge in [-0.2, -0.15) is 0 Å². The molecule has 0 atom stereocenters. The van der Waals surface area contributed by atoms with Crippen LogP contribution in [-0.2, 0) is 0 Å². The summed E-state index contributed by atoms with van der Waals surface area (Å²) < 4.78 is 1.87. The molecule has 3 aromatic rings. The number of carbonyl (C=O) groups excluding carboxylic acids is 1. The van der Waals surface area contributed by atoms with Gasteiger partial charge in [0.05, 0.1) is 5.52 Å². The number of hydrogen-bond acceptors (Lipinski definition) is 4. The van der Waals surface area contributed by atoms with E-state index >= 15 is 0 Å². The third-order valence-electron chi connectivity index (χ3n) is 3.59. The summed E-state index contributed by atoms with van der Waals surface area (Å²) in [6, 6.07) is 6.78. The number of rotatable bonds is 3. The first-order valence-electron chi connectivity index (χ1n) is 7.40. The molecule has 0 aliphatic heterocycles. The highest BCUT2D eigenvalue weighted by molar-refractivity contribution is 6.31. The molecule has 24 heavy (non-hydrogen) atoms. The van der Waals surface area contributed by atoms with Gasteiger partial charge in [-0.05, 0) is 38.1 Å². The SMILES string of the molecule is CC(C)n1cc(C(=O)Nc2ncccn2)c(=O)c2cc(Cl)ccc21. The van der Waals surface area contributed by atoms with Crippen molar-refractivity contribution in [1.29, 1.82) is 0 Å². The molecule has 0 unspecified atom stereocenters. The highest BCUT2D eigenvalue weighted by Gasteiger charge is 2.17. The third-order valence-corrected chi connectivity index (χ3v) is 3.82. The zero-order valence-electron chi connectivity index (χ0n) is 13.2. The molecular formula is C17H15ClN4O2. The summed E-state index contributed by atoms with van der Waals surface area (Å²) in [6.45, 7) is 3.95. The molecule has 0 aliphatic carbocycles. The fourth-order valence-corrected chi connectivity index (χ4v) is 2.62. The molecule has 1 amide bonds. The normalized spacial score (nSPS) is 11.0. The van der Waals surface area contributed by atoms with Gasteiger partial charge in [0.15, 0.2) is 0 Å². The van der Waals surface area contributed by atoms with Gasteiger partial charge in [-0.3, -0.25) is 14.9 Å². The monoisotopic (exact) mass is 342 g/mol. The quantitative estimate of drug-likeness (QED) is 0.792. The van der Waals surface area contributed by atoms with Crippen LogP contribution in [0.5, 0.6) is 0 Å². The van der Waals surface area contributed by atoms with Crippen molar-refractivity contribution in [3.8, 4) is 0 Å². The van der Waals surface area contributed by atoms with Crippen LogP contribution in [0.1, 0.15) is 30.2 Å². The number of carbonyl (C=O) groups is 1. The number of aromatic nitrogens is 3. The van der Waals surface area contributed by atoms with Crippen molar-refractivity contribution >= 4 is 34.4 Å². The van der Waals surface area contributed by atoms with Gasteiger partial charge in [-0.1, -0.05) is 11.6 Å². The predicted molar refractivity (Wildman–Crippen MR) is 93.6 cm³/mol. The highest BCUT2D eigenvalue weighted by Crippen LogP contribution is 2.21. The van der Waals surface area contributed by atoms with E-state index in [0.29, 0.717) is 10.4 Å². The van der Waals surface area contributed by atoms with Crippen LogP contribution in [0.25, 0.3) is 10.9 Å². The van der Waals surface area contributed by atoms with E-state index in [-0.39, 0.29) is 23.0 Å². The van der Waals surface area contributed by atoms with E-state index in [2.05, 4.69) is 15.3 Å². The largest absolute Gasteiger partial charge is 0.344 e. The van der Waals surface area contributed by atoms with E-state index in [0.717, 1.165) is 5.52 Å². The maximum absolute atomic E-state index is 12.7. The van der Waals surface area contributed by atoms with Crippen LogP contribution in [0, 0.1) is 0 Å². The fraction of sp³-hybridized carbons (Fsp3) is 0.176. The fourth-order valence-electron chi connectivity index (χ4n) is 2.45. The number of pyridine rings is 1. The van der Waals surface area contributed by atoms with E-state index < -0.39 is 5.91 Å². The number of halogens is 1. The Morgan fingerprint density at radius 2 is 1.96 bits per heavy atom. The second-order valence-electron chi connectivity index (χ2n) is 5.56. The van der Waals surface area contributed by atoms with Crippen LogP contribution in [0.15, 0.2) is 47.7 Å². The van der Waals surface area contributed by atoms with E-state index in [1.54, 1.807) is 30.5 Å². The lowest BCUT2D eigenvalue weighted by molar-refractivity contribution is 0.102. The van der Waals surface area contributed by atoms with Gasteiger partial charge in [0.2, 0.25) is 11.4 Å². The number of amides is 1. The van der Waals surface area contributed by atoms with E-state index in [1.807, 2.05) is 18.4 Å². The van der Waals surface area contributed by atoms with E-state index in [9.17, 15) is 9.59 Å². The Balaban J connectivity index is 2.15. The minimum Gasteiger partial charge on any atom is -0.344 e. The number of anilines is 1. The van der Waals surface area contributed by atoms with Gasteiger partial charge in [0.25, 0.3) is 5.91 Å². The average molecular weight is 343 g/mol. The molecule has 7 heteroatoms. The summed E-state index contributed by atoms with van der Waals surface area (Å²) in [7, 11) is 0. The van der Waals surface area contributed by atoms with Crippen LogP contribution in [0.3, 0.4) is 0 Å². The van der Waals surface area contributed by atoms with Crippen molar-refractivity contribution in [2.45, 2.75) is 19.9 Å². The molecule has 3 rings (SSSR count). The topological polar surface area (TPSA) is 76.9 Å². The van der Waals surface area contributed by atoms with Gasteiger partial charge < -0.3 is 4.57 Å².